The highest BCUT2D eigenvalue weighted by atomic mass is 35.5. The average molecular weight is 602 g/mol. The Morgan fingerprint density at radius 1 is 1.20 bits per heavy atom. The van der Waals surface area contributed by atoms with Crippen LogP contribution in [0.5, 0.6) is 0 Å². The van der Waals surface area contributed by atoms with Gasteiger partial charge in [-0.1, -0.05) is 25.5 Å². The number of nitrogens with two attached hydrogens (primary N) is 1. The number of carbonyl (C=O) groups is 1. The van der Waals surface area contributed by atoms with Gasteiger partial charge < -0.3 is 24.8 Å². The smallest absolute Gasteiger partial charge is 0.323 e. The molecule has 0 aromatic heterocycles. The molecule has 0 spiro atoms. The number of benzene rings is 1. The number of rotatable bonds is 13. The van der Waals surface area contributed by atoms with Crippen molar-refractivity contribution >= 4 is 34.9 Å². The number of nitrogens with zero attached hydrogens (tertiary/aromatic N) is 1. The summed E-state index contributed by atoms with van der Waals surface area (Å²) < 4.78 is 18.3. The first-order valence-electron chi connectivity index (χ1n) is 14.8. The second-order valence-electron chi connectivity index (χ2n) is 11.9. The Bertz CT molecular complexity index is 933. The Kier molecular flexibility index (Phi) is 11.8. The van der Waals surface area contributed by atoms with Crippen LogP contribution >= 0.6 is 23.2 Å². The van der Waals surface area contributed by atoms with Gasteiger partial charge in [-0.15, -0.1) is 23.2 Å². The summed E-state index contributed by atoms with van der Waals surface area (Å²) >= 11 is 11.8. The third-order valence-corrected chi connectivity index (χ3v) is 9.55. The molecular weight excluding hydrogens is 555 g/mol. The van der Waals surface area contributed by atoms with Gasteiger partial charge in [-0.3, -0.25) is 4.79 Å². The van der Waals surface area contributed by atoms with Crippen molar-refractivity contribution in [1.82, 2.24) is 0 Å². The van der Waals surface area contributed by atoms with Crippen molar-refractivity contribution in [3.63, 3.8) is 0 Å². The summed E-state index contributed by atoms with van der Waals surface area (Å²) in [7, 11) is 0. The number of carbonyl (C=O) groups excluding carboxylic acids is 1. The van der Waals surface area contributed by atoms with Crippen molar-refractivity contribution < 1.29 is 29.1 Å². The summed E-state index contributed by atoms with van der Waals surface area (Å²) in [6, 6.07) is 7.23. The van der Waals surface area contributed by atoms with Crippen LogP contribution in [0.15, 0.2) is 24.3 Å². The number of halogens is 2. The molecule has 2 heterocycles. The molecule has 226 valence electrons. The third kappa shape index (κ3) is 7.82. The van der Waals surface area contributed by atoms with E-state index in [9.17, 15) is 10.1 Å². The average Bonchev–Trinajstić information content (AvgIpc) is 3.10. The minimum absolute atomic E-state index is 0.00546. The van der Waals surface area contributed by atoms with E-state index < -0.39 is 24.1 Å². The lowest BCUT2D eigenvalue weighted by atomic mass is 9.63. The van der Waals surface area contributed by atoms with E-state index in [0.29, 0.717) is 61.3 Å². The van der Waals surface area contributed by atoms with E-state index in [1.165, 1.54) is 19.3 Å². The molecule has 3 aliphatic rings. The van der Waals surface area contributed by atoms with Gasteiger partial charge >= 0.3 is 5.97 Å². The van der Waals surface area contributed by atoms with Crippen LogP contribution in [0, 0.1) is 23.7 Å². The van der Waals surface area contributed by atoms with Gasteiger partial charge in [0.05, 0.1) is 12.7 Å². The predicted molar refractivity (Wildman–Crippen MR) is 157 cm³/mol. The lowest BCUT2D eigenvalue weighted by Gasteiger charge is -2.50. The summed E-state index contributed by atoms with van der Waals surface area (Å²) in [5.41, 5.74) is 8.19. The topological polar surface area (TPSA) is 103 Å². The zero-order valence-electron chi connectivity index (χ0n) is 23.8. The van der Waals surface area contributed by atoms with E-state index >= 15 is 0 Å². The molecule has 8 atom stereocenters. The molecule has 40 heavy (non-hydrogen) atoms. The molecule has 0 amide bonds. The number of ether oxygens (including phenoxy) is 3. The molecule has 8 unspecified atom stereocenters. The largest absolute Gasteiger partial charge is 0.465 e. The van der Waals surface area contributed by atoms with Gasteiger partial charge in [0.2, 0.25) is 5.79 Å². The fourth-order valence-electron chi connectivity index (χ4n) is 6.96. The molecule has 0 bridgehead atoms. The monoisotopic (exact) mass is 600 g/mol. The molecule has 2 aliphatic heterocycles. The number of alkyl halides is 2. The number of esters is 1. The fourth-order valence-corrected chi connectivity index (χ4v) is 7.37. The molecule has 1 saturated carbocycles. The first kappa shape index (κ1) is 31.8. The molecule has 4 rings (SSSR count). The summed E-state index contributed by atoms with van der Waals surface area (Å²) in [6.45, 7) is 5.79. The van der Waals surface area contributed by atoms with Gasteiger partial charge in [-0.05, 0) is 80.9 Å². The Morgan fingerprint density at radius 3 is 2.60 bits per heavy atom. The van der Waals surface area contributed by atoms with Gasteiger partial charge in [0.1, 0.15) is 6.04 Å². The molecule has 2 saturated heterocycles. The first-order valence-corrected chi connectivity index (χ1v) is 15.9. The van der Waals surface area contributed by atoms with Gasteiger partial charge in [0.15, 0.2) is 6.29 Å². The van der Waals surface area contributed by atoms with Crippen LogP contribution in [0.4, 0.5) is 5.69 Å². The highest BCUT2D eigenvalue weighted by Gasteiger charge is 2.52. The molecule has 1 aliphatic carbocycles. The Balaban J connectivity index is 1.24. The summed E-state index contributed by atoms with van der Waals surface area (Å²) in [4.78, 5) is 19.5. The van der Waals surface area contributed by atoms with E-state index in [4.69, 9.17) is 48.0 Å². The minimum atomic E-state index is -1.04. The summed E-state index contributed by atoms with van der Waals surface area (Å²) in [6.07, 6.45) is 6.62. The van der Waals surface area contributed by atoms with Crippen molar-refractivity contribution in [2.45, 2.75) is 89.4 Å². The standard InChI is InChI=1S/C30H46Cl2N2O6/c1-20-24-6-3-5-22-12-13-30(2,40-36)39-29(27(22)24)38-26(20)7-4-18-37-28(35)25(33)19-21-8-10-23(11-9-21)34(16-14-31)17-15-32/h8-11,20,22,24-27,29,36H,3-7,12-19,33H2,1-2H3. The molecule has 8 nitrogen and oxygen atoms in total. The second-order valence-corrected chi connectivity index (χ2v) is 12.6. The van der Waals surface area contributed by atoms with Crippen LogP contribution in [0.1, 0.15) is 64.4 Å². The summed E-state index contributed by atoms with van der Waals surface area (Å²) in [5.74, 6) is 1.36. The van der Waals surface area contributed by atoms with E-state index in [1.807, 2.05) is 24.3 Å². The summed E-state index contributed by atoms with van der Waals surface area (Å²) in [5, 5.41) is 9.51. The van der Waals surface area contributed by atoms with E-state index in [1.54, 1.807) is 6.92 Å². The quantitative estimate of drug-likeness (QED) is 0.0995. The van der Waals surface area contributed by atoms with Crippen LogP contribution in [-0.4, -0.2) is 66.9 Å². The Morgan fingerprint density at radius 2 is 1.93 bits per heavy atom. The van der Waals surface area contributed by atoms with Crippen LogP contribution in [-0.2, 0) is 30.3 Å². The van der Waals surface area contributed by atoms with Crippen LogP contribution in [0.25, 0.3) is 0 Å². The van der Waals surface area contributed by atoms with E-state index in [0.717, 1.165) is 37.2 Å². The Labute approximate surface area is 248 Å². The van der Waals surface area contributed by atoms with Crippen molar-refractivity contribution in [3.05, 3.63) is 29.8 Å². The Hall–Kier alpha value is -1.13. The lowest BCUT2D eigenvalue weighted by molar-refractivity contribution is -0.435. The molecule has 3 N–H and O–H groups in total. The van der Waals surface area contributed by atoms with Crippen LogP contribution in [0.3, 0.4) is 0 Å². The number of anilines is 1. The molecule has 1 aromatic carbocycles. The van der Waals surface area contributed by atoms with Crippen molar-refractivity contribution in [1.29, 1.82) is 0 Å². The maximum absolute atomic E-state index is 12.6. The minimum Gasteiger partial charge on any atom is -0.465 e. The maximum Gasteiger partial charge on any atom is 0.323 e. The van der Waals surface area contributed by atoms with Gasteiger partial charge in [0.25, 0.3) is 0 Å². The fraction of sp³-hybridized carbons (Fsp3) is 0.767. The first-order chi connectivity index (χ1) is 19.3. The van der Waals surface area contributed by atoms with Gasteiger partial charge in [-0.25, -0.2) is 10.1 Å². The normalized spacial score (nSPS) is 32.5. The van der Waals surface area contributed by atoms with Crippen molar-refractivity contribution in [2.24, 2.45) is 29.4 Å². The van der Waals surface area contributed by atoms with E-state index in [2.05, 4.69) is 11.8 Å². The van der Waals surface area contributed by atoms with Crippen molar-refractivity contribution in [3.8, 4) is 0 Å². The maximum atomic E-state index is 12.6. The molecule has 3 fully saturated rings. The zero-order chi connectivity index (χ0) is 28.7. The highest BCUT2D eigenvalue weighted by Crippen LogP contribution is 2.52. The van der Waals surface area contributed by atoms with Crippen molar-refractivity contribution in [2.75, 3.05) is 36.4 Å². The predicted octanol–water partition coefficient (Wildman–Crippen LogP) is 5.57. The molecule has 1 aromatic rings. The van der Waals surface area contributed by atoms with Gasteiger partial charge in [-0.2, -0.15) is 0 Å². The lowest BCUT2D eigenvalue weighted by Crippen LogP contribution is -2.52. The van der Waals surface area contributed by atoms with Crippen LogP contribution in [0.2, 0.25) is 0 Å². The molecule has 0 radical (unpaired) electrons. The van der Waals surface area contributed by atoms with Gasteiger partial charge in [0, 0.05) is 42.9 Å². The highest BCUT2D eigenvalue weighted by molar-refractivity contribution is 6.18. The number of hydrogen-bond acceptors (Lipinski definition) is 8. The second kappa shape index (κ2) is 14.9. The molecular formula is C30H46Cl2N2O6. The van der Waals surface area contributed by atoms with E-state index in [-0.39, 0.29) is 6.10 Å². The number of hydrogen-bond donors (Lipinski definition) is 2. The molecule has 10 heteroatoms. The van der Waals surface area contributed by atoms with Crippen LogP contribution < -0.4 is 10.6 Å². The third-order valence-electron chi connectivity index (χ3n) is 9.21. The SMILES string of the molecule is CC1C(CCCOC(=O)C(N)Cc2ccc(N(CCCl)CCCl)cc2)OC2OC(C)(OO)CCC3CCCC1C32. The zero-order valence-corrected chi connectivity index (χ0v) is 25.3.